The lowest BCUT2D eigenvalue weighted by atomic mass is 9.99. The van der Waals surface area contributed by atoms with E-state index < -0.39 is 0 Å². The van der Waals surface area contributed by atoms with Crippen LogP contribution in [0.5, 0.6) is 5.75 Å². The fraction of sp³-hybridized carbons (Fsp3) is 0.250. The molecule has 0 aliphatic heterocycles. The first-order chi connectivity index (χ1) is 10.0. The van der Waals surface area contributed by atoms with E-state index in [2.05, 4.69) is 56.1 Å². The topological polar surface area (TPSA) is 47.3 Å². The highest BCUT2D eigenvalue weighted by Crippen LogP contribution is 2.31. The van der Waals surface area contributed by atoms with Crippen molar-refractivity contribution in [3.63, 3.8) is 0 Å². The Labute approximate surface area is 147 Å². The fourth-order valence-corrected chi connectivity index (χ4v) is 3.13. The summed E-state index contributed by atoms with van der Waals surface area (Å²) in [6, 6.07) is 14.1. The predicted molar refractivity (Wildman–Crippen MR) is 98.2 cm³/mol. The Morgan fingerprint density at radius 2 is 1.95 bits per heavy atom. The van der Waals surface area contributed by atoms with Gasteiger partial charge in [0, 0.05) is 8.04 Å². The fourth-order valence-electron chi connectivity index (χ4n) is 2.14. The molecule has 0 fully saturated rings. The minimum Gasteiger partial charge on any atom is -0.491 e. The lowest BCUT2D eigenvalue weighted by Crippen LogP contribution is -2.29. The Morgan fingerprint density at radius 3 is 2.62 bits per heavy atom. The molecule has 0 heterocycles. The van der Waals surface area contributed by atoms with E-state index in [1.54, 1.807) is 0 Å². The number of hydrazine groups is 1. The van der Waals surface area contributed by atoms with Crippen molar-refractivity contribution in [3.05, 3.63) is 61.6 Å². The first kappa shape index (κ1) is 16.7. The molecule has 0 radical (unpaired) electrons. The number of nitrogens with one attached hydrogen (secondary N) is 1. The second-order valence-corrected chi connectivity index (χ2v) is 7.10. The van der Waals surface area contributed by atoms with Gasteiger partial charge in [-0.2, -0.15) is 0 Å². The van der Waals surface area contributed by atoms with Crippen molar-refractivity contribution in [2.45, 2.75) is 26.0 Å². The third-order valence-electron chi connectivity index (χ3n) is 3.00. The summed E-state index contributed by atoms with van der Waals surface area (Å²) in [4.78, 5) is 0. The number of nitrogens with two attached hydrogens (primary N) is 1. The zero-order chi connectivity index (χ0) is 15.4. The predicted octanol–water partition coefficient (Wildman–Crippen LogP) is 4.39. The standard InChI is InChI=1S/C16H18BrIN2O/c1-10(2)21-13-5-3-4-11(8-13)16(20-19)14-9-12(18)6-7-15(14)17/h3-10,16,20H,19H2,1-2H3. The first-order valence-corrected chi connectivity index (χ1v) is 8.56. The lowest BCUT2D eigenvalue weighted by Gasteiger charge is -2.20. The van der Waals surface area contributed by atoms with E-state index in [1.807, 2.05) is 44.2 Å². The van der Waals surface area contributed by atoms with Crippen molar-refractivity contribution in [1.82, 2.24) is 5.43 Å². The van der Waals surface area contributed by atoms with E-state index in [4.69, 9.17) is 10.6 Å². The van der Waals surface area contributed by atoms with E-state index in [0.29, 0.717) is 0 Å². The summed E-state index contributed by atoms with van der Waals surface area (Å²) < 4.78 is 7.95. The van der Waals surface area contributed by atoms with E-state index in [9.17, 15) is 0 Å². The molecule has 5 heteroatoms. The van der Waals surface area contributed by atoms with E-state index >= 15 is 0 Å². The molecular weight excluding hydrogens is 443 g/mol. The Kier molecular flexibility index (Phi) is 6.04. The average Bonchev–Trinajstić information content (AvgIpc) is 2.43. The lowest BCUT2D eigenvalue weighted by molar-refractivity contribution is 0.242. The number of hydrogen-bond acceptors (Lipinski definition) is 3. The van der Waals surface area contributed by atoms with Gasteiger partial charge < -0.3 is 4.74 Å². The third kappa shape index (κ3) is 4.42. The number of benzene rings is 2. The van der Waals surface area contributed by atoms with Crippen molar-refractivity contribution in [1.29, 1.82) is 0 Å². The smallest absolute Gasteiger partial charge is 0.120 e. The zero-order valence-electron chi connectivity index (χ0n) is 11.9. The second kappa shape index (κ2) is 7.58. The molecular formula is C16H18BrIN2O. The second-order valence-electron chi connectivity index (χ2n) is 5.00. The summed E-state index contributed by atoms with van der Waals surface area (Å²) in [7, 11) is 0. The Bertz CT molecular complexity index is 619. The molecule has 3 nitrogen and oxygen atoms in total. The minimum absolute atomic E-state index is 0.0928. The van der Waals surface area contributed by atoms with Crippen LogP contribution in [-0.2, 0) is 0 Å². The van der Waals surface area contributed by atoms with Gasteiger partial charge in [-0.05, 0) is 77.9 Å². The van der Waals surface area contributed by atoms with Gasteiger partial charge in [0.05, 0.1) is 12.1 Å². The van der Waals surface area contributed by atoms with Crippen LogP contribution in [0.2, 0.25) is 0 Å². The summed E-state index contributed by atoms with van der Waals surface area (Å²) in [5, 5.41) is 0. The molecule has 0 spiro atoms. The molecule has 0 bridgehead atoms. The monoisotopic (exact) mass is 460 g/mol. The van der Waals surface area contributed by atoms with Crippen LogP contribution in [-0.4, -0.2) is 6.10 Å². The van der Waals surface area contributed by atoms with Gasteiger partial charge in [0.1, 0.15) is 5.75 Å². The largest absolute Gasteiger partial charge is 0.491 e. The molecule has 0 aromatic heterocycles. The van der Waals surface area contributed by atoms with Gasteiger partial charge in [-0.1, -0.05) is 28.1 Å². The normalized spacial score (nSPS) is 12.5. The van der Waals surface area contributed by atoms with E-state index in [1.165, 1.54) is 3.57 Å². The van der Waals surface area contributed by atoms with Crippen LogP contribution in [0.15, 0.2) is 46.9 Å². The van der Waals surface area contributed by atoms with Crippen LogP contribution in [0.3, 0.4) is 0 Å². The van der Waals surface area contributed by atoms with E-state index in [-0.39, 0.29) is 12.1 Å². The summed E-state index contributed by atoms with van der Waals surface area (Å²) in [6.07, 6.45) is 0.147. The van der Waals surface area contributed by atoms with E-state index in [0.717, 1.165) is 21.3 Å². The molecule has 3 N–H and O–H groups in total. The zero-order valence-corrected chi connectivity index (χ0v) is 15.7. The number of rotatable bonds is 5. The average molecular weight is 461 g/mol. The third-order valence-corrected chi connectivity index (χ3v) is 4.39. The van der Waals surface area contributed by atoms with Crippen molar-refractivity contribution in [2.75, 3.05) is 0 Å². The molecule has 0 saturated carbocycles. The molecule has 0 amide bonds. The van der Waals surface area contributed by atoms with Crippen LogP contribution < -0.4 is 16.0 Å². The molecule has 112 valence electrons. The molecule has 0 aliphatic rings. The van der Waals surface area contributed by atoms with Crippen molar-refractivity contribution < 1.29 is 4.74 Å². The Hall–Kier alpha value is -0.630. The summed E-state index contributed by atoms with van der Waals surface area (Å²) in [5.74, 6) is 6.64. The summed E-state index contributed by atoms with van der Waals surface area (Å²) in [6.45, 7) is 4.03. The molecule has 0 aliphatic carbocycles. The highest BCUT2D eigenvalue weighted by molar-refractivity contribution is 14.1. The SMILES string of the molecule is CC(C)Oc1cccc(C(NN)c2cc(I)ccc2Br)c1. The van der Waals surface area contributed by atoms with Crippen molar-refractivity contribution >= 4 is 38.5 Å². The molecule has 1 atom stereocenters. The number of halogens is 2. The van der Waals surface area contributed by atoms with Gasteiger partial charge in [-0.3, -0.25) is 5.84 Å². The molecule has 0 saturated heterocycles. The highest BCUT2D eigenvalue weighted by Gasteiger charge is 2.16. The number of ether oxygens (including phenoxy) is 1. The van der Waals surface area contributed by atoms with Gasteiger partial charge in [-0.15, -0.1) is 0 Å². The van der Waals surface area contributed by atoms with Crippen LogP contribution in [0.25, 0.3) is 0 Å². The van der Waals surface area contributed by atoms with Gasteiger partial charge in [0.25, 0.3) is 0 Å². The quantitative estimate of drug-likeness (QED) is 0.395. The van der Waals surface area contributed by atoms with Gasteiger partial charge >= 0.3 is 0 Å². The molecule has 1 unspecified atom stereocenters. The molecule has 2 rings (SSSR count). The highest BCUT2D eigenvalue weighted by atomic mass is 127. The molecule has 2 aromatic rings. The van der Waals surface area contributed by atoms with Crippen molar-refractivity contribution in [3.8, 4) is 5.75 Å². The van der Waals surface area contributed by atoms with Crippen LogP contribution in [0, 0.1) is 3.57 Å². The maximum Gasteiger partial charge on any atom is 0.120 e. The van der Waals surface area contributed by atoms with Gasteiger partial charge in [0.2, 0.25) is 0 Å². The Morgan fingerprint density at radius 1 is 1.19 bits per heavy atom. The van der Waals surface area contributed by atoms with Crippen molar-refractivity contribution in [2.24, 2.45) is 5.84 Å². The molecule has 2 aromatic carbocycles. The summed E-state index contributed by atoms with van der Waals surface area (Å²) >= 11 is 5.90. The van der Waals surface area contributed by atoms with Gasteiger partial charge in [0.15, 0.2) is 0 Å². The first-order valence-electron chi connectivity index (χ1n) is 6.69. The van der Waals surface area contributed by atoms with Gasteiger partial charge in [-0.25, -0.2) is 5.43 Å². The number of hydrogen-bond donors (Lipinski definition) is 2. The summed E-state index contributed by atoms with van der Waals surface area (Å²) in [5.41, 5.74) is 5.07. The minimum atomic E-state index is -0.0928. The Balaban J connectivity index is 2.39. The maximum absolute atomic E-state index is 5.79. The van der Waals surface area contributed by atoms with Crippen LogP contribution in [0.1, 0.15) is 31.0 Å². The van der Waals surface area contributed by atoms with Crippen LogP contribution >= 0.6 is 38.5 Å². The van der Waals surface area contributed by atoms with Crippen LogP contribution in [0.4, 0.5) is 0 Å². The maximum atomic E-state index is 5.79. The molecule has 21 heavy (non-hydrogen) atoms.